The average molecular weight is 255 g/mol. The van der Waals surface area contributed by atoms with Crippen LogP contribution in [0.1, 0.15) is 15.6 Å². The maximum Gasteiger partial charge on any atom is 0.224 e. The number of thiazole rings is 1. The van der Waals surface area contributed by atoms with Crippen molar-refractivity contribution in [2.24, 2.45) is 0 Å². The molecule has 0 spiro atoms. The third-order valence-corrected chi connectivity index (χ3v) is 3.00. The zero-order valence-electron chi connectivity index (χ0n) is 8.99. The lowest BCUT2D eigenvalue weighted by Gasteiger charge is -2.04. The molecule has 0 amide bonds. The number of rotatable bonds is 3. The molecule has 2 aromatic heterocycles. The Morgan fingerprint density at radius 2 is 2.19 bits per heavy atom. The molecule has 0 aliphatic rings. The maximum atomic E-state index is 5.76. The van der Waals surface area contributed by atoms with Crippen LogP contribution in [0, 0.1) is 13.8 Å². The molecule has 2 aromatic rings. The highest BCUT2D eigenvalue weighted by molar-refractivity contribution is 7.11. The van der Waals surface area contributed by atoms with E-state index in [0.29, 0.717) is 6.54 Å². The van der Waals surface area contributed by atoms with Crippen LogP contribution in [-0.4, -0.2) is 15.0 Å². The Morgan fingerprint density at radius 1 is 1.38 bits per heavy atom. The molecular weight excluding hydrogens is 244 g/mol. The Kier molecular flexibility index (Phi) is 3.36. The van der Waals surface area contributed by atoms with E-state index < -0.39 is 0 Å². The second-order valence-corrected chi connectivity index (χ2v) is 5.04. The molecule has 0 saturated heterocycles. The summed E-state index contributed by atoms with van der Waals surface area (Å²) < 4.78 is 0. The number of halogens is 1. The van der Waals surface area contributed by atoms with Gasteiger partial charge in [0.2, 0.25) is 5.28 Å². The zero-order valence-corrected chi connectivity index (χ0v) is 10.6. The number of hydrogen-bond donors (Lipinski definition) is 1. The van der Waals surface area contributed by atoms with Gasteiger partial charge in [-0.2, -0.15) is 0 Å². The van der Waals surface area contributed by atoms with Crippen molar-refractivity contribution in [1.82, 2.24) is 15.0 Å². The van der Waals surface area contributed by atoms with Gasteiger partial charge >= 0.3 is 0 Å². The number of anilines is 1. The molecule has 0 saturated carbocycles. The molecule has 2 rings (SSSR count). The Labute approximate surface area is 103 Å². The summed E-state index contributed by atoms with van der Waals surface area (Å²) in [5.41, 5.74) is 0.845. The van der Waals surface area contributed by atoms with Gasteiger partial charge in [-0.1, -0.05) is 0 Å². The van der Waals surface area contributed by atoms with Crippen LogP contribution in [0.4, 0.5) is 5.82 Å². The molecule has 2 heterocycles. The Bertz CT molecular complexity index is 477. The summed E-state index contributed by atoms with van der Waals surface area (Å²) in [6.07, 6.45) is 1.86. The van der Waals surface area contributed by atoms with E-state index in [2.05, 4.69) is 20.3 Å². The predicted octanol–water partition coefficient (Wildman–Crippen LogP) is 2.82. The standard InChI is InChI=1S/C10H11ClN4S/c1-6-3-8(15-10(11)14-6)12-5-9-13-4-7(2)16-9/h3-4H,5H2,1-2H3,(H,12,14,15). The van der Waals surface area contributed by atoms with E-state index in [9.17, 15) is 0 Å². The molecule has 0 radical (unpaired) electrons. The molecule has 0 aliphatic heterocycles. The van der Waals surface area contributed by atoms with Crippen LogP contribution in [0.15, 0.2) is 12.3 Å². The van der Waals surface area contributed by atoms with E-state index in [1.807, 2.05) is 26.1 Å². The van der Waals surface area contributed by atoms with Crippen LogP contribution >= 0.6 is 22.9 Å². The average Bonchev–Trinajstić information content (AvgIpc) is 2.60. The third kappa shape index (κ3) is 2.90. The van der Waals surface area contributed by atoms with E-state index >= 15 is 0 Å². The van der Waals surface area contributed by atoms with E-state index in [0.717, 1.165) is 16.5 Å². The number of hydrogen-bond acceptors (Lipinski definition) is 5. The first kappa shape index (κ1) is 11.3. The summed E-state index contributed by atoms with van der Waals surface area (Å²) >= 11 is 7.43. The first-order valence-electron chi connectivity index (χ1n) is 4.80. The SMILES string of the molecule is Cc1cc(NCc2ncc(C)s2)nc(Cl)n1. The Balaban J connectivity index is 2.04. The van der Waals surface area contributed by atoms with Gasteiger partial charge < -0.3 is 5.32 Å². The van der Waals surface area contributed by atoms with Crippen molar-refractivity contribution in [3.8, 4) is 0 Å². The summed E-state index contributed by atoms with van der Waals surface area (Å²) in [6, 6.07) is 1.85. The van der Waals surface area contributed by atoms with Crippen LogP contribution in [0.2, 0.25) is 5.28 Å². The van der Waals surface area contributed by atoms with Crippen LogP contribution in [0.25, 0.3) is 0 Å². The lowest BCUT2D eigenvalue weighted by Crippen LogP contribution is -2.02. The Hall–Kier alpha value is -1.20. The van der Waals surface area contributed by atoms with Crippen molar-refractivity contribution in [3.63, 3.8) is 0 Å². The minimum Gasteiger partial charge on any atom is -0.363 e. The number of nitrogens with zero attached hydrogens (tertiary/aromatic N) is 3. The highest BCUT2D eigenvalue weighted by atomic mass is 35.5. The quantitative estimate of drug-likeness (QED) is 0.856. The molecule has 84 valence electrons. The van der Waals surface area contributed by atoms with E-state index in [1.165, 1.54) is 4.88 Å². The summed E-state index contributed by atoms with van der Waals surface area (Å²) in [4.78, 5) is 13.5. The van der Waals surface area contributed by atoms with Gasteiger partial charge in [0.25, 0.3) is 0 Å². The number of aryl methyl sites for hydroxylation is 2. The second kappa shape index (κ2) is 4.76. The topological polar surface area (TPSA) is 50.7 Å². The molecule has 4 nitrogen and oxygen atoms in total. The van der Waals surface area contributed by atoms with Gasteiger partial charge in [0.15, 0.2) is 0 Å². The van der Waals surface area contributed by atoms with Gasteiger partial charge in [0, 0.05) is 22.8 Å². The van der Waals surface area contributed by atoms with Crippen molar-refractivity contribution in [2.45, 2.75) is 20.4 Å². The van der Waals surface area contributed by atoms with Crippen LogP contribution in [0.5, 0.6) is 0 Å². The largest absolute Gasteiger partial charge is 0.363 e. The van der Waals surface area contributed by atoms with Gasteiger partial charge in [0.05, 0.1) is 6.54 Å². The van der Waals surface area contributed by atoms with Crippen molar-refractivity contribution in [1.29, 1.82) is 0 Å². The molecule has 0 aromatic carbocycles. The van der Waals surface area contributed by atoms with Crippen LogP contribution < -0.4 is 5.32 Å². The van der Waals surface area contributed by atoms with Crippen molar-refractivity contribution in [2.75, 3.05) is 5.32 Å². The molecule has 0 unspecified atom stereocenters. The normalized spacial score (nSPS) is 10.4. The molecular formula is C10H11ClN4S. The number of nitrogens with one attached hydrogen (secondary N) is 1. The van der Waals surface area contributed by atoms with Gasteiger partial charge in [0.1, 0.15) is 10.8 Å². The van der Waals surface area contributed by atoms with Crippen molar-refractivity contribution >= 4 is 28.8 Å². The van der Waals surface area contributed by atoms with E-state index in [-0.39, 0.29) is 5.28 Å². The van der Waals surface area contributed by atoms with Crippen molar-refractivity contribution in [3.05, 3.63) is 33.1 Å². The van der Waals surface area contributed by atoms with Gasteiger partial charge in [-0.25, -0.2) is 15.0 Å². The van der Waals surface area contributed by atoms with Crippen LogP contribution in [0.3, 0.4) is 0 Å². The van der Waals surface area contributed by atoms with Gasteiger partial charge in [-0.05, 0) is 25.4 Å². The molecule has 6 heteroatoms. The smallest absolute Gasteiger partial charge is 0.224 e. The fraction of sp³-hybridized carbons (Fsp3) is 0.300. The third-order valence-electron chi connectivity index (χ3n) is 1.92. The highest BCUT2D eigenvalue weighted by Gasteiger charge is 2.02. The highest BCUT2D eigenvalue weighted by Crippen LogP contribution is 2.14. The Morgan fingerprint density at radius 3 is 2.81 bits per heavy atom. The fourth-order valence-electron chi connectivity index (χ4n) is 1.27. The molecule has 0 bridgehead atoms. The van der Waals surface area contributed by atoms with Crippen molar-refractivity contribution < 1.29 is 0 Å². The molecule has 0 aliphatic carbocycles. The first-order chi connectivity index (χ1) is 7.63. The molecule has 1 N–H and O–H groups in total. The number of aromatic nitrogens is 3. The summed E-state index contributed by atoms with van der Waals surface area (Å²) in [5, 5.41) is 4.46. The maximum absolute atomic E-state index is 5.76. The first-order valence-corrected chi connectivity index (χ1v) is 5.99. The second-order valence-electron chi connectivity index (χ2n) is 3.38. The monoisotopic (exact) mass is 254 g/mol. The van der Waals surface area contributed by atoms with Gasteiger partial charge in [-0.15, -0.1) is 11.3 Å². The zero-order chi connectivity index (χ0) is 11.5. The fourth-order valence-corrected chi connectivity index (χ4v) is 2.22. The minimum absolute atomic E-state index is 0.262. The molecule has 0 fully saturated rings. The molecule has 0 atom stereocenters. The van der Waals surface area contributed by atoms with E-state index in [4.69, 9.17) is 11.6 Å². The van der Waals surface area contributed by atoms with Crippen LogP contribution in [-0.2, 0) is 6.54 Å². The van der Waals surface area contributed by atoms with Gasteiger partial charge in [-0.3, -0.25) is 0 Å². The minimum atomic E-state index is 0.262. The summed E-state index contributed by atoms with van der Waals surface area (Å²) in [5.74, 6) is 0.727. The summed E-state index contributed by atoms with van der Waals surface area (Å²) in [7, 11) is 0. The predicted molar refractivity (Wildman–Crippen MR) is 66.0 cm³/mol. The van der Waals surface area contributed by atoms with E-state index in [1.54, 1.807) is 11.3 Å². The molecule has 16 heavy (non-hydrogen) atoms. The lowest BCUT2D eigenvalue weighted by molar-refractivity contribution is 1.04. The summed E-state index contributed by atoms with van der Waals surface area (Å²) in [6.45, 7) is 4.57. The lowest BCUT2D eigenvalue weighted by atomic mass is 10.4.